The number of amides is 1. The van der Waals surface area contributed by atoms with Gasteiger partial charge in [-0.2, -0.15) is 0 Å². The molecule has 0 spiro atoms. The van der Waals surface area contributed by atoms with E-state index in [0.717, 1.165) is 0 Å². The first-order valence-electron chi connectivity index (χ1n) is 7.46. The Kier molecular flexibility index (Phi) is 4.29. The number of para-hydroxylation sites is 1. The molecule has 0 aliphatic rings. The number of carbonyl (C=O) groups excluding carboxylic acids is 1. The highest BCUT2D eigenvalue weighted by Gasteiger charge is 2.17. The molecule has 0 aliphatic heterocycles. The monoisotopic (exact) mass is 326 g/mol. The number of carbonyl (C=O) groups is 1. The number of benzene rings is 2. The lowest BCUT2D eigenvalue weighted by Gasteiger charge is -2.13. The fourth-order valence-corrected chi connectivity index (χ4v) is 2.41. The average Bonchev–Trinajstić information content (AvgIpc) is 2.58. The first-order chi connectivity index (χ1) is 11.6. The average molecular weight is 326 g/mol. The minimum absolute atomic E-state index is 0.0323. The molecule has 0 unspecified atom stereocenters. The van der Waals surface area contributed by atoms with E-state index < -0.39 is 17.3 Å². The summed E-state index contributed by atoms with van der Waals surface area (Å²) in [4.78, 5) is 24.6. The van der Waals surface area contributed by atoms with Crippen LogP contribution in [0.5, 0.6) is 0 Å². The van der Waals surface area contributed by atoms with Gasteiger partial charge >= 0.3 is 5.63 Å². The second kappa shape index (κ2) is 6.54. The molecule has 0 bridgehead atoms. The molecule has 0 saturated carbocycles. The number of anilines is 2. The van der Waals surface area contributed by atoms with Crippen LogP contribution in [0.2, 0.25) is 0 Å². The van der Waals surface area contributed by atoms with Gasteiger partial charge in [-0.1, -0.05) is 12.1 Å². The van der Waals surface area contributed by atoms with E-state index in [0.29, 0.717) is 23.2 Å². The summed E-state index contributed by atoms with van der Waals surface area (Å²) in [6.07, 6.45) is 0. The van der Waals surface area contributed by atoms with Crippen LogP contribution in [-0.4, -0.2) is 12.5 Å². The molecule has 3 aromatic rings. The van der Waals surface area contributed by atoms with Gasteiger partial charge in [0.05, 0.1) is 5.69 Å². The zero-order valence-electron chi connectivity index (χ0n) is 12.9. The van der Waals surface area contributed by atoms with Gasteiger partial charge in [-0.15, -0.1) is 0 Å². The first kappa shape index (κ1) is 15.7. The van der Waals surface area contributed by atoms with Gasteiger partial charge < -0.3 is 15.1 Å². The van der Waals surface area contributed by atoms with Crippen LogP contribution in [0, 0.1) is 5.82 Å². The van der Waals surface area contributed by atoms with E-state index in [1.807, 2.05) is 13.0 Å². The molecule has 0 aliphatic carbocycles. The molecule has 6 heteroatoms. The summed E-state index contributed by atoms with van der Waals surface area (Å²) in [7, 11) is 0. The van der Waals surface area contributed by atoms with Crippen LogP contribution >= 0.6 is 0 Å². The third-order valence-electron chi connectivity index (χ3n) is 3.51. The van der Waals surface area contributed by atoms with Crippen molar-refractivity contribution in [2.75, 3.05) is 17.2 Å². The molecule has 2 aromatic carbocycles. The molecule has 24 heavy (non-hydrogen) atoms. The second-order valence-corrected chi connectivity index (χ2v) is 5.13. The predicted molar refractivity (Wildman–Crippen MR) is 91.0 cm³/mol. The van der Waals surface area contributed by atoms with E-state index in [-0.39, 0.29) is 11.3 Å². The standard InChI is InChI=1S/C18H15FN2O3/c1-2-20-15-13-5-3-4-6-14(13)24-18(23)16(15)21-17(22)11-7-9-12(19)10-8-11/h3-10,20H,2H2,1H3,(H,21,22). The fraction of sp³-hybridized carbons (Fsp3) is 0.111. The second-order valence-electron chi connectivity index (χ2n) is 5.13. The normalized spacial score (nSPS) is 10.6. The summed E-state index contributed by atoms with van der Waals surface area (Å²) in [6.45, 7) is 2.45. The van der Waals surface area contributed by atoms with E-state index in [1.54, 1.807) is 18.2 Å². The minimum Gasteiger partial charge on any atom is -0.421 e. The topological polar surface area (TPSA) is 71.3 Å². The maximum absolute atomic E-state index is 13.0. The van der Waals surface area contributed by atoms with E-state index in [1.165, 1.54) is 24.3 Å². The molecule has 1 aromatic heterocycles. The number of nitrogens with one attached hydrogen (secondary N) is 2. The van der Waals surface area contributed by atoms with Crippen LogP contribution < -0.4 is 16.3 Å². The fourth-order valence-electron chi connectivity index (χ4n) is 2.41. The Balaban J connectivity index is 2.06. The Morgan fingerprint density at radius 1 is 1.08 bits per heavy atom. The zero-order chi connectivity index (χ0) is 17.1. The highest BCUT2D eigenvalue weighted by molar-refractivity contribution is 6.08. The predicted octanol–water partition coefficient (Wildman–Crippen LogP) is 3.62. The lowest BCUT2D eigenvalue weighted by atomic mass is 10.1. The Labute approximate surface area is 137 Å². The van der Waals surface area contributed by atoms with Crippen molar-refractivity contribution in [3.8, 4) is 0 Å². The van der Waals surface area contributed by atoms with Gasteiger partial charge in [0.1, 0.15) is 11.4 Å². The number of hydrogen-bond donors (Lipinski definition) is 2. The van der Waals surface area contributed by atoms with Crippen LogP contribution in [0.1, 0.15) is 17.3 Å². The molecule has 2 N–H and O–H groups in total. The molecule has 3 rings (SSSR count). The van der Waals surface area contributed by atoms with Gasteiger partial charge in [0.2, 0.25) is 0 Å². The Bertz CT molecular complexity index is 949. The van der Waals surface area contributed by atoms with Crippen molar-refractivity contribution in [2.24, 2.45) is 0 Å². The van der Waals surface area contributed by atoms with Gasteiger partial charge in [0.25, 0.3) is 5.91 Å². The molecule has 122 valence electrons. The summed E-state index contributed by atoms with van der Waals surface area (Å²) in [5.41, 5.74) is 0.550. The summed E-state index contributed by atoms with van der Waals surface area (Å²) < 4.78 is 18.2. The number of hydrogen-bond acceptors (Lipinski definition) is 4. The van der Waals surface area contributed by atoms with Gasteiger partial charge in [-0.05, 0) is 43.3 Å². The van der Waals surface area contributed by atoms with Crippen molar-refractivity contribution in [2.45, 2.75) is 6.92 Å². The maximum atomic E-state index is 13.0. The van der Waals surface area contributed by atoms with Crippen molar-refractivity contribution in [1.29, 1.82) is 0 Å². The Morgan fingerprint density at radius 3 is 2.50 bits per heavy atom. The van der Waals surface area contributed by atoms with Gasteiger partial charge in [-0.25, -0.2) is 9.18 Å². The van der Waals surface area contributed by atoms with E-state index in [4.69, 9.17) is 4.42 Å². The molecule has 0 fully saturated rings. The zero-order valence-corrected chi connectivity index (χ0v) is 12.9. The largest absolute Gasteiger partial charge is 0.421 e. The molecule has 1 heterocycles. The smallest absolute Gasteiger partial charge is 0.362 e. The number of rotatable bonds is 4. The van der Waals surface area contributed by atoms with Crippen LogP contribution in [0.25, 0.3) is 11.0 Å². The highest BCUT2D eigenvalue weighted by Crippen LogP contribution is 2.28. The van der Waals surface area contributed by atoms with Crippen molar-refractivity contribution in [3.63, 3.8) is 0 Å². The number of fused-ring (bicyclic) bond motifs is 1. The van der Waals surface area contributed by atoms with Crippen molar-refractivity contribution in [1.82, 2.24) is 0 Å². The summed E-state index contributed by atoms with van der Waals surface area (Å²) in [5, 5.41) is 6.34. The third-order valence-corrected chi connectivity index (χ3v) is 3.51. The molecular formula is C18H15FN2O3. The summed E-state index contributed by atoms with van der Waals surface area (Å²) in [5.74, 6) is -0.957. The quantitative estimate of drug-likeness (QED) is 0.718. The van der Waals surface area contributed by atoms with Crippen LogP contribution in [0.3, 0.4) is 0 Å². The molecule has 0 saturated heterocycles. The minimum atomic E-state index is -0.653. The Morgan fingerprint density at radius 2 is 1.79 bits per heavy atom. The SMILES string of the molecule is CCNc1c(NC(=O)c2ccc(F)cc2)c(=O)oc2ccccc12. The number of halogens is 1. The van der Waals surface area contributed by atoms with E-state index in [9.17, 15) is 14.0 Å². The third kappa shape index (κ3) is 2.99. The van der Waals surface area contributed by atoms with Gasteiger partial charge in [0.15, 0.2) is 5.69 Å². The van der Waals surface area contributed by atoms with E-state index in [2.05, 4.69) is 10.6 Å². The maximum Gasteiger partial charge on any atom is 0.362 e. The van der Waals surface area contributed by atoms with Gasteiger partial charge in [-0.3, -0.25) is 4.79 Å². The lowest BCUT2D eigenvalue weighted by Crippen LogP contribution is -2.20. The van der Waals surface area contributed by atoms with E-state index >= 15 is 0 Å². The summed E-state index contributed by atoms with van der Waals surface area (Å²) >= 11 is 0. The van der Waals surface area contributed by atoms with Gasteiger partial charge in [0, 0.05) is 17.5 Å². The van der Waals surface area contributed by atoms with Crippen molar-refractivity contribution < 1.29 is 13.6 Å². The van der Waals surface area contributed by atoms with Crippen molar-refractivity contribution in [3.05, 3.63) is 70.3 Å². The van der Waals surface area contributed by atoms with Crippen LogP contribution in [-0.2, 0) is 0 Å². The summed E-state index contributed by atoms with van der Waals surface area (Å²) in [6, 6.07) is 12.1. The molecular weight excluding hydrogens is 311 g/mol. The molecule has 1 amide bonds. The van der Waals surface area contributed by atoms with Crippen LogP contribution in [0.4, 0.5) is 15.8 Å². The molecule has 0 atom stereocenters. The van der Waals surface area contributed by atoms with Crippen molar-refractivity contribution >= 4 is 28.3 Å². The first-order valence-corrected chi connectivity index (χ1v) is 7.46. The Hall–Kier alpha value is -3.15. The molecule has 5 nitrogen and oxygen atoms in total. The van der Waals surface area contributed by atoms with Crippen LogP contribution in [0.15, 0.2) is 57.7 Å². The molecule has 0 radical (unpaired) electrons. The highest BCUT2D eigenvalue weighted by atomic mass is 19.1. The lowest BCUT2D eigenvalue weighted by molar-refractivity contribution is 0.102.